The van der Waals surface area contributed by atoms with Crippen molar-refractivity contribution < 1.29 is 14.5 Å². The summed E-state index contributed by atoms with van der Waals surface area (Å²) in [7, 11) is 0. The number of nitro groups is 1. The van der Waals surface area contributed by atoms with Crippen LogP contribution >= 0.6 is 11.8 Å². The lowest BCUT2D eigenvalue weighted by atomic mass is 10.0. The van der Waals surface area contributed by atoms with Crippen LogP contribution in [-0.2, 0) is 4.79 Å². The van der Waals surface area contributed by atoms with E-state index in [1.807, 2.05) is 47.1 Å². The molecule has 0 aliphatic carbocycles. The minimum absolute atomic E-state index is 0.0396. The van der Waals surface area contributed by atoms with Crippen molar-refractivity contribution in [3.05, 3.63) is 70.3 Å². The lowest BCUT2D eigenvalue weighted by Gasteiger charge is -2.39. The molecular formula is C24H29N3O4S. The summed E-state index contributed by atoms with van der Waals surface area (Å²) < 4.78 is 0. The van der Waals surface area contributed by atoms with Gasteiger partial charge >= 0.3 is 0 Å². The fourth-order valence-electron chi connectivity index (χ4n) is 3.99. The number of hydrogen-bond acceptors (Lipinski definition) is 5. The number of benzene rings is 2. The molecule has 2 aromatic rings. The van der Waals surface area contributed by atoms with Gasteiger partial charge in [0.2, 0.25) is 5.91 Å². The molecule has 8 heteroatoms. The minimum atomic E-state index is -0.430. The average molecular weight is 456 g/mol. The first-order chi connectivity index (χ1) is 15.4. The molecule has 3 rings (SSSR count). The number of hydrogen-bond donors (Lipinski definition) is 0. The van der Waals surface area contributed by atoms with Gasteiger partial charge in [-0.15, -0.1) is 11.8 Å². The molecule has 1 aliphatic rings. The molecule has 32 heavy (non-hydrogen) atoms. The van der Waals surface area contributed by atoms with Crippen molar-refractivity contribution in [2.45, 2.75) is 49.3 Å². The van der Waals surface area contributed by atoms with Crippen molar-refractivity contribution in [1.29, 1.82) is 0 Å². The standard InChI is InChI=1S/C24H29N3O4S/c1-3-15-26(23(28)18(2)32-22-11-9-21(10-12-22)27(30)31)20-13-16-25(17-14-20)24(29)19-7-5-4-6-8-19/h4-12,18,20H,3,13-17H2,1-2H3. The Labute approximate surface area is 192 Å². The predicted octanol–water partition coefficient (Wildman–Crippen LogP) is 4.62. The van der Waals surface area contributed by atoms with Crippen LogP contribution < -0.4 is 0 Å². The van der Waals surface area contributed by atoms with Gasteiger partial charge in [-0.05, 0) is 50.5 Å². The van der Waals surface area contributed by atoms with Gasteiger partial charge in [0.05, 0.1) is 10.2 Å². The summed E-state index contributed by atoms with van der Waals surface area (Å²) in [4.78, 5) is 41.1. The van der Waals surface area contributed by atoms with E-state index in [0.29, 0.717) is 25.2 Å². The third-order valence-electron chi connectivity index (χ3n) is 5.67. The Balaban J connectivity index is 1.60. The quantitative estimate of drug-likeness (QED) is 0.329. The van der Waals surface area contributed by atoms with Crippen LogP contribution in [0.4, 0.5) is 5.69 Å². The molecule has 0 N–H and O–H groups in total. The Kier molecular flexibility index (Phi) is 8.27. The van der Waals surface area contributed by atoms with Crippen LogP contribution in [0.5, 0.6) is 0 Å². The van der Waals surface area contributed by atoms with E-state index in [0.717, 1.165) is 24.2 Å². The van der Waals surface area contributed by atoms with Crippen molar-refractivity contribution >= 4 is 29.3 Å². The molecule has 0 radical (unpaired) electrons. The van der Waals surface area contributed by atoms with Crippen LogP contribution in [0.1, 0.15) is 43.5 Å². The van der Waals surface area contributed by atoms with Crippen LogP contribution in [0.3, 0.4) is 0 Å². The van der Waals surface area contributed by atoms with Gasteiger partial charge in [0.25, 0.3) is 11.6 Å². The van der Waals surface area contributed by atoms with Crippen LogP contribution in [0.2, 0.25) is 0 Å². The zero-order chi connectivity index (χ0) is 23.1. The highest BCUT2D eigenvalue weighted by Crippen LogP contribution is 2.28. The molecule has 170 valence electrons. The molecule has 0 saturated carbocycles. The van der Waals surface area contributed by atoms with E-state index in [1.54, 1.807) is 12.1 Å². The van der Waals surface area contributed by atoms with Crippen LogP contribution in [-0.4, -0.2) is 57.5 Å². The van der Waals surface area contributed by atoms with Crippen LogP contribution in [0.25, 0.3) is 0 Å². The summed E-state index contributed by atoms with van der Waals surface area (Å²) in [6.45, 7) is 5.89. The molecule has 1 unspecified atom stereocenters. The SMILES string of the molecule is CCCN(C(=O)C(C)Sc1ccc([N+](=O)[O-])cc1)C1CCN(C(=O)c2ccccc2)CC1. The van der Waals surface area contributed by atoms with E-state index < -0.39 is 4.92 Å². The highest BCUT2D eigenvalue weighted by molar-refractivity contribution is 8.00. The third kappa shape index (κ3) is 5.88. The fraction of sp³-hybridized carbons (Fsp3) is 0.417. The van der Waals surface area contributed by atoms with E-state index in [1.165, 1.54) is 23.9 Å². The van der Waals surface area contributed by atoms with Gasteiger partial charge in [-0.1, -0.05) is 25.1 Å². The second kappa shape index (κ2) is 11.1. The van der Waals surface area contributed by atoms with Crippen molar-refractivity contribution in [2.24, 2.45) is 0 Å². The van der Waals surface area contributed by atoms with Crippen molar-refractivity contribution in [3.8, 4) is 0 Å². The van der Waals surface area contributed by atoms with Crippen LogP contribution in [0.15, 0.2) is 59.5 Å². The number of rotatable bonds is 8. The monoisotopic (exact) mass is 455 g/mol. The van der Waals surface area contributed by atoms with E-state index >= 15 is 0 Å². The second-order valence-electron chi connectivity index (χ2n) is 7.93. The molecule has 2 amide bonds. The molecule has 1 saturated heterocycles. The van der Waals surface area contributed by atoms with Crippen molar-refractivity contribution in [3.63, 3.8) is 0 Å². The summed E-state index contributed by atoms with van der Waals surface area (Å²) in [5, 5.41) is 10.5. The Morgan fingerprint density at radius 2 is 1.75 bits per heavy atom. The molecule has 1 aliphatic heterocycles. The molecule has 0 bridgehead atoms. The van der Waals surface area contributed by atoms with E-state index in [9.17, 15) is 19.7 Å². The zero-order valence-electron chi connectivity index (χ0n) is 18.5. The van der Waals surface area contributed by atoms with E-state index in [2.05, 4.69) is 6.92 Å². The van der Waals surface area contributed by atoms with Crippen molar-refractivity contribution in [2.75, 3.05) is 19.6 Å². The summed E-state index contributed by atoms with van der Waals surface area (Å²) in [5.74, 6) is 0.113. The number of thioether (sulfide) groups is 1. The number of nitro benzene ring substituents is 1. The highest BCUT2D eigenvalue weighted by Gasteiger charge is 2.31. The van der Waals surface area contributed by atoms with Gasteiger partial charge in [-0.25, -0.2) is 0 Å². The van der Waals surface area contributed by atoms with E-state index in [4.69, 9.17) is 0 Å². The lowest BCUT2D eigenvalue weighted by molar-refractivity contribution is -0.384. The zero-order valence-corrected chi connectivity index (χ0v) is 19.3. The summed E-state index contributed by atoms with van der Waals surface area (Å²) in [6.07, 6.45) is 2.39. The molecule has 2 aromatic carbocycles. The first-order valence-electron chi connectivity index (χ1n) is 11.0. The normalized spacial score (nSPS) is 15.2. The second-order valence-corrected chi connectivity index (χ2v) is 9.35. The Morgan fingerprint density at radius 3 is 2.31 bits per heavy atom. The van der Waals surface area contributed by atoms with Gasteiger partial charge in [-0.2, -0.15) is 0 Å². The maximum atomic E-state index is 13.3. The van der Waals surface area contributed by atoms with Gasteiger partial charge in [0.15, 0.2) is 0 Å². The molecular weight excluding hydrogens is 426 g/mol. The predicted molar refractivity (Wildman–Crippen MR) is 126 cm³/mol. The summed E-state index contributed by atoms with van der Waals surface area (Å²) >= 11 is 1.41. The molecule has 1 fully saturated rings. The Morgan fingerprint density at radius 1 is 1.12 bits per heavy atom. The number of carbonyl (C=O) groups is 2. The maximum Gasteiger partial charge on any atom is 0.269 e. The smallest absolute Gasteiger partial charge is 0.269 e. The fourth-order valence-corrected chi connectivity index (χ4v) is 4.93. The first kappa shape index (κ1) is 23.8. The molecule has 0 aromatic heterocycles. The highest BCUT2D eigenvalue weighted by atomic mass is 32.2. The molecule has 1 atom stereocenters. The van der Waals surface area contributed by atoms with Gasteiger partial charge < -0.3 is 9.80 Å². The van der Waals surface area contributed by atoms with Gasteiger partial charge in [0.1, 0.15) is 0 Å². The maximum absolute atomic E-state index is 13.3. The number of piperidine rings is 1. The first-order valence-corrected chi connectivity index (χ1v) is 11.8. The number of non-ortho nitro benzene ring substituents is 1. The Hall–Kier alpha value is -2.87. The summed E-state index contributed by atoms with van der Waals surface area (Å²) in [5.41, 5.74) is 0.735. The summed E-state index contributed by atoms with van der Waals surface area (Å²) in [6, 6.07) is 15.7. The Bertz CT molecular complexity index is 928. The van der Waals surface area contributed by atoms with Crippen LogP contribution in [0, 0.1) is 10.1 Å². The van der Waals surface area contributed by atoms with Gasteiger partial charge in [0, 0.05) is 48.3 Å². The average Bonchev–Trinajstić information content (AvgIpc) is 2.82. The lowest BCUT2D eigenvalue weighted by Crippen LogP contribution is -2.50. The van der Waals surface area contributed by atoms with Gasteiger partial charge in [-0.3, -0.25) is 19.7 Å². The number of carbonyl (C=O) groups excluding carboxylic acids is 2. The molecule has 1 heterocycles. The number of likely N-dealkylation sites (tertiary alicyclic amines) is 1. The number of nitrogens with zero attached hydrogens (tertiary/aromatic N) is 3. The molecule has 0 spiro atoms. The minimum Gasteiger partial charge on any atom is -0.339 e. The van der Waals surface area contributed by atoms with Crippen molar-refractivity contribution in [1.82, 2.24) is 9.80 Å². The van der Waals surface area contributed by atoms with E-state index in [-0.39, 0.29) is 28.8 Å². The third-order valence-corrected chi connectivity index (χ3v) is 6.77. The largest absolute Gasteiger partial charge is 0.339 e. The molecule has 7 nitrogen and oxygen atoms in total. The number of amides is 2. The topological polar surface area (TPSA) is 83.8 Å².